The molecule has 3 atom stereocenters. The minimum Gasteiger partial charge on any atom is -0.491 e. The van der Waals surface area contributed by atoms with Crippen LogP contribution in [0.4, 0.5) is 26.3 Å². The number of aromatic nitrogens is 3. The van der Waals surface area contributed by atoms with Crippen LogP contribution in [-0.4, -0.2) is 112 Å². The molecule has 268 valence electrons. The van der Waals surface area contributed by atoms with E-state index in [0.717, 1.165) is 43.2 Å². The summed E-state index contributed by atoms with van der Waals surface area (Å²) in [6.45, 7) is 2.62. The molecule has 0 spiro atoms. The van der Waals surface area contributed by atoms with Crippen LogP contribution in [0.1, 0.15) is 46.4 Å². The lowest BCUT2D eigenvalue weighted by Crippen LogP contribution is -2.62. The first kappa shape index (κ1) is 34.2. The van der Waals surface area contributed by atoms with E-state index in [2.05, 4.69) is 15.2 Å². The molecule has 0 aliphatic carbocycles. The van der Waals surface area contributed by atoms with E-state index in [-0.39, 0.29) is 49.4 Å². The van der Waals surface area contributed by atoms with Crippen LogP contribution in [0.5, 0.6) is 5.75 Å². The van der Waals surface area contributed by atoms with Gasteiger partial charge in [-0.25, -0.2) is 4.68 Å². The first-order valence-corrected chi connectivity index (χ1v) is 16.3. The summed E-state index contributed by atoms with van der Waals surface area (Å²) in [5, 5.41) is 8.00. The second-order valence-corrected chi connectivity index (χ2v) is 12.9. The zero-order chi connectivity index (χ0) is 35.2. The molecule has 0 radical (unpaired) electrons. The Morgan fingerprint density at radius 3 is 2.30 bits per heavy atom. The van der Waals surface area contributed by atoms with E-state index in [9.17, 15) is 35.9 Å². The molecule has 0 saturated carbocycles. The lowest BCUT2D eigenvalue weighted by molar-refractivity contribution is -0.143. The molecular weight excluding hydrogens is 674 g/mol. The number of rotatable bonds is 5. The molecule has 0 N–H and O–H groups in total. The van der Waals surface area contributed by atoms with Crippen molar-refractivity contribution in [3.8, 4) is 11.4 Å². The van der Waals surface area contributed by atoms with Crippen LogP contribution in [0, 0.1) is 0 Å². The van der Waals surface area contributed by atoms with Crippen molar-refractivity contribution in [3.63, 3.8) is 0 Å². The topological polar surface area (TPSA) is 102 Å². The summed E-state index contributed by atoms with van der Waals surface area (Å²) in [6, 6.07) is 6.05. The maximum absolute atomic E-state index is 14.2. The van der Waals surface area contributed by atoms with Crippen molar-refractivity contribution < 1.29 is 50.1 Å². The molecule has 11 nitrogen and oxygen atoms in total. The standard InChI is InChI=1S/C33H34F6N6O5/c34-32(35,36)20-1-4-24(5-2-20)45-15-22(40-41-45)18-49-26-14-28-31(47)43-10-9-42(23-7-11-48-12-8-23)16-25(43)19-50-29-6-3-21(33(37,38)39)13-27(29)30(46)44(28)17-26/h1-6,13,15,23,25-26,28H,7-12,14,16-19H2/t25-,26+,28-/m0/s1. The van der Waals surface area contributed by atoms with Crippen LogP contribution < -0.4 is 4.74 Å². The van der Waals surface area contributed by atoms with Crippen molar-refractivity contribution in [3.05, 3.63) is 71.0 Å². The van der Waals surface area contributed by atoms with E-state index in [1.807, 2.05) is 0 Å². The third kappa shape index (κ3) is 7.03. The highest BCUT2D eigenvalue weighted by atomic mass is 19.4. The summed E-state index contributed by atoms with van der Waals surface area (Å²) in [5.74, 6) is -1.10. The van der Waals surface area contributed by atoms with Gasteiger partial charge in [-0.3, -0.25) is 14.5 Å². The number of amides is 2. The number of halogens is 6. The fraction of sp³-hybridized carbons (Fsp3) is 0.515. The third-order valence-electron chi connectivity index (χ3n) is 9.75. The number of ether oxygens (including phenoxy) is 3. The second-order valence-electron chi connectivity index (χ2n) is 12.9. The van der Waals surface area contributed by atoms with Gasteiger partial charge in [0.2, 0.25) is 5.91 Å². The van der Waals surface area contributed by atoms with Gasteiger partial charge in [-0.2, -0.15) is 26.3 Å². The number of carbonyl (C=O) groups is 2. The Bertz CT molecular complexity index is 1710. The zero-order valence-corrected chi connectivity index (χ0v) is 26.7. The number of piperazine rings is 1. The van der Waals surface area contributed by atoms with Crippen molar-refractivity contribution in [2.24, 2.45) is 0 Å². The molecule has 17 heteroatoms. The Balaban J connectivity index is 1.11. The minimum absolute atomic E-state index is 0.00164. The highest BCUT2D eigenvalue weighted by molar-refractivity contribution is 6.00. The number of carbonyl (C=O) groups excluding carboxylic acids is 2. The van der Waals surface area contributed by atoms with E-state index in [1.54, 1.807) is 4.90 Å². The Labute approximate surface area is 282 Å². The monoisotopic (exact) mass is 708 g/mol. The Morgan fingerprint density at radius 1 is 0.860 bits per heavy atom. The Hall–Kier alpha value is -4.22. The summed E-state index contributed by atoms with van der Waals surface area (Å²) in [5.41, 5.74) is -1.42. The number of fused-ring (bicyclic) bond motifs is 3. The maximum Gasteiger partial charge on any atom is 0.416 e. The van der Waals surface area contributed by atoms with Crippen LogP contribution in [-0.2, 0) is 33.2 Å². The van der Waals surface area contributed by atoms with Gasteiger partial charge in [-0.1, -0.05) is 5.21 Å². The third-order valence-corrected chi connectivity index (χ3v) is 9.75. The van der Waals surface area contributed by atoms with Crippen LogP contribution >= 0.6 is 0 Å². The van der Waals surface area contributed by atoms with Crippen molar-refractivity contribution in [1.82, 2.24) is 29.7 Å². The average Bonchev–Trinajstić information content (AvgIpc) is 3.76. The fourth-order valence-electron chi connectivity index (χ4n) is 7.10. The molecular formula is C33H34F6N6O5. The summed E-state index contributed by atoms with van der Waals surface area (Å²) in [6.07, 6.45) is -6.58. The lowest BCUT2D eigenvalue weighted by atomic mass is 10.0. The van der Waals surface area contributed by atoms with Crippen molar-refractivity contribution >= 4 is 11.8 Å². The number of nitrogens with zero attached hydrogens (tertiary/aromatic N) is 6. The summed E-state index contributed by atoms with van der Waals surface area (Å²) >= 11 is 0. The molecule has 2 amide bonds. The minimum atomic E-state index is -4.71. The number of alkyl halides is 6. The number of hydrogen-bond acceptors (Lipinski definition) is 8. The van der Waals surface area contributed by atoms with E-state index in [4.69, 9.17) is 14.2 Å². The molecule has 3 aromatic rings. The van der Waals surface area contributed by atoms with Gasteiger partial charge in [0.1, 0.15) is 24.1 Å². The molecule has 3 fully saturated rings. The maximum atomic E-state index is 14.2. The number of hydrogen-bond donors (Lipinski definition) is 0. The molecule has 4 aliphatic rings. The smallest absolute Gasteiger partial charge is 0.416 e. The molecule has 2 aromatic carbocycles. The second kappa shape index (κ2) is 13.5. The first-order valence-electron chi connectivity index (χ1n) is 16.3. The van der Waals surface area contributed by atoms with Gasteiger partial charge < -0.3 is 24.0 Å². The summed E-state index contributed by atoms with van der Waals surface area (Å²) in [7, 11) is 0. The largest absolute Gasteiger partial charge is 0.491 e. The summed E-state index contributed by atoms with van der Waals surface area (Å²) < 4.78 is 99.1. The van der Waals surface area contributed by atoms with E-state index < -0.39 is 47.6 Å². The molecule has 0 bridgehead atoms. The molecule has 5 heterocycles. The molecule has 0 unspecified atom stereocenters. The molecule has 1 aromatic heterocycles. The van der Waals surface area contributed by atoms with E-state index in [0.29, 0.717) is 44.2 Å². The van der Waals surface area contributed by atoms with E-state index in [1.165, 1.54) is 27.9 Å². The van der Waals surface area contributed by atoms with Gasteiger partial charge in [-0.05, 0) is 55.3 Å². The normalized spacial score (nSPS) is 24.1. The van der Waals surface area contributed by atoms with E-state index >= 15 is 0 Å². The number of benzene rings is 2. The molecule has 50 heavy (non-hydrogen) atoms. The van der Waals surface area contributed by atoms with Gasteiger partial charge >= 0.3 is 12.4 Å². The highest BCUT2D eigenvalue weighted by Crippen LogP contribution is 2.36. The fourth-order valence-corrected chi connectivity index (χ4v) is 7.10. The summed E-state index contributed by atoms with van der Waals surface area (Å²) in [4.78, 5) is 33.5. The Kier molecular flexibility index (Phi) is 9.23. The SMILES string of the molecule is O=C1[C@@H]2C[C@@H](OCc3cn(-c4ccc(C(F)(F)F)cc4)nn3)CN2C(=O)c2cc(C(F)(F)F)ccc2OC[C@@H]2CN(C3CCOCC3)CCN12. The van der Waals surface area contributed by atoms with Gasteiger partial charge in [0.05, 0.1) is 47.3 Å². The molecule has 7 rings (SSSR count). The van der Waals surface area contributed by atoms with Crippen LogP contribution in [0.15, 0.2) is 48.7 Å². The van der Waals surface area contributed by atoms with Gasteiger partial charge in [-0.15, -0.1) is 5.10 Å². The predicted octanol–water partition coefficient (Wildman–Crippen LogP) is 4.19. The van der Waals surface area contributed by atoms with Crippen molar-refractivity contribution in [1.29, 1.82) is 0 Å². The highest BCUT2D eigenvalue weighted by Gasteiger charge is 2.47. The quantitative estimate of drug-likeness (QED) is 0.364. The van der Waals surface area contributed by atoms with Crippen LogP contribution in [0.3, 0.4) is 0 Å². The first-order chi connectivity index (χ1) is 23.8. The van der Waals surface area contributed by atoms with Crippen LogP contribution in [0.2, 0.25) is 0 Å². The van der Waals surface area contributed by atoms with Crippen molar-refractivity contribution in [2.45, 2.75) is 62.5 Å². The van der Waals surface area contributed by atoms with Crippen molar-refractivity contribution in [2.75, 3.05) is 46.0 Å². The Morgan fingerprint density at radius 2 is 1.58 bits per heavy atom. The molecule has 3 saturated heterocycles. The van der Waals surface area contributed by atoms with Gasteiger partial charge in [0.15, 0.2) is 0 Å². The average molecular weight is 709 g/mol. The predicted molar refractivity (Wildman–Crippen MR) is 162 cm³/mol. The van der Waals surface area contributed by atoms with Gasteiger partial charge in [0.25, 0.3) is 5.91 Å². The lowest BCUT2D eigenvalue weighted by Gasteiger charge is -2.46. The molecule has 4 aliphatic heterocycles. The van der Waals surface area contributed by atoms with Crippen LogP contribution in [0.25, 0.3) is 5.69 Å². The van der Waals surface area contributed by atoms with Gasteiger partial charge in [0, 0.05) is 51.9 Å². The zero-order valence-electron chi connectivity index (χ0n) is 26.7.